The predicted octanol–water partition coefficient (Wildman–Crippen LogP) is 0.0329. The molecule has 6 nitrogen and oxygen atoms in total. The third-order valence-electron chi connectivity index (χ3n) is 2.69. The van der Waals surface area contributed by atoms with Gasteiger partial charge < -0.3 is 12.6 Å². The largest absolute Gasteiger partial charge is 0.703 e. The van der Waals surface area contributed by atoms with Gasteiger partial charge in [-0.3, -0.25) is 9.12 Å². The van der Waals surface area contributed by atoms with E-state index >= 15 is 0 Å². The molecule has 8 heteroatoms. The SMILES string of the molecule is C[n+]1c([S-])nn(-c2ccccc2)c1CCS(=O)(=O)O. The molecule has 0 saturated heterocycles. The van der Waals surface area contributed by atoms with Crippen molar-refractivity contribution in [2.75, 3.05) is 5.75 Å². The Labute approximate surface area is 116 Å². The number of aromatic nitrogens is 3. The van der Waals surface area contributed by atoms with Crippen LogP contribution in [0.1, 0.15) is 5.82 Å². The van der Waals surface area contributed by atoms with E-state index in [2.05, 4.69) is 5.10 Å². The highest BCUT2D eigenvalue weighted by molar-refractivity contribution is 7.85. The Kier molecular flexibility index (Phi) is 3.83. The fraction of sp³-hybridized carbons (Fsp3) is 0.273. The Hall–Kier alpha value is -1.51. The maximum Gasteiger partial charge on any atom is 0.265 e. The van der Waals surface area contributed by atoms with Gasteiger partial charge in [-0.25, -0.2) is 0 Å². The zero-order chi connectivity index (χ0) is 14.0. The molecule has 2 rings (SSSR count). The molecule has 0 atom stereocenters. The van der Waals surface area contributed by atoms with E-state index in [1.54, 1.807) is 16.3 Å². The summed E-state index contributed by atoms with van der Waals surface area (Å²) in [5.74, 6) is 0.252. The average Bonchev–Trinajstić information content (AvgIpc) is 2.64. The van der Waals surface area contributed by atoms with Crippen LogP contribution in [0.15, 0.2) is 35.5 Å². The normalized spacial score (nSPS) is 11.7. The maximum absolute atomic E-state index is 10.9. The Morgan fingerprint density at radius 2 is 2.00 bits per heavy atom. The molecule has 0 aliphatic heterocycles. The molecule has 0 aliphatic rings. The highest BCUT2D eigenvalue weighted by Gasteiger charge is 2.21. The van der Waals surface area contributed by atoms with Crippen LogP contribution in [-0.2, 0) is 36.2 Å². The molecule has 1 aromatic carbocycles. The first-order chi connectivity index (χ1) is 8.88. The van der Waals surface area contributed by atoms with Crippen molar-refractivity contribution < 1.29 is 17.5 Å². The van der Waals surface area contributed by atoms with E-state index in [1.165, 1.54) is 0 Å². The second-order valence-corrected chi connectivity index (χ2v) is 5.98. The molecular formula is C11H13N3O3S2. The van der Waals surface area contributed by atoms with Crippen molar-refractivity contribution >= 4 is 22.7 Å². The van der Waals surface area contributed by atoms with Crippen LogP contribution in [0.5, 0.6) is 0 Å². The molecule has 0 saturated carbocycles. The van der Waals surface area contributed by atoms with Crippen molar-refractivity contribution in [3.63, 3.8) is 0 Å². The zero-order valence-electron chi connectivity index (χ0n) is 10.2. The summed E-state index contributed by atoms with van der Waals surface area (Å²) in [5, 5.41) is 4.55. The second kappa shape index (κ2) is 5.24. The van der Waals surface area contributed by atoms with Gasteiger partial charge in [0.2, 0.25) is 5.82 Å². The lowest BCUT2D eigenvalue weighted by Gasteiger charge is -2.01. The number of rotatable bonds is 4. The van der Waals surface area contributed by atoms with Crippen LogP contribution in [0.3, 0.4) is 0 Å². The van der Waals surface area contributed by atoms with Crippen LogP contribution >= 0.6 is 0 Å². The first-order valence-corrected chi connectivity index (χ1v) is 7.56. The van der Waals surface area contributed by atoms with Crippen LogP contribution in [-0.4, -0.2) is 28.5 Å². The van der Waals surface area contributed by atoms with Gasteiger partial charge in [0.1, 0.15) is 5.69 Å². The summed E-state index contributed by atoms with van der Waals surface area (Å²) in [7, 11) is -2.30. The van der Waals surface area contributed by atoms with E-state index in [0.717, 1.165) is 5.69 Å². The molecule has 0 unspecified atom stereocenters. The summed E-state index contributed by atoms with van der Waals surface area (Å²) in [4.78, 5) is 0. The molecule has 1 heterocycles. The summed E-state index contributed by atoms with van der Waals surface area (Å²) in [6.45, 7) is 0. The van der Waals surface area contributed by atoms with Crippen LogP contribution < -0.4 is 4.57 Å². The van der Waals surface area contributed by atoms with Gasteiger partial charge in [-0.1, -0.05) is 22.9 Å². The summed E-state index contributed by atoms with van der Waals surface area (Å²) >= 11 is 5.09. The van der Waals surface area contributed by atoms with E-state index in [1.807, 2.05) is 30.3 Å². The molecule has 0 aliphatic carbocycles. The van der Waals surface area contributed by atoms with Crippen molar-refractivity contribution in [2.24, 2.45) is 7.05 Å². The highest BCUT2D eigenvalue weighted by Crippen LogP contribution is 2.09. The molecule has 19 heavy (non-hydrogen) atoms. The molecule has 1 N–H and O–H groups in total. The highest BCUT2D eigenvalue weighted by atomic mass is 32.2. The fourth-order valence-electron chi connectivity index (χ4n) is 1.73. The van der Waals surface area contributed by atoms with Crippen molar-refractivity contribution in [3.8, 4) is 5.69 Å². The van der Waals surface area contributed by atoms with E-state index in [-0.39, 0.29) is 12.2 Å². The molecule has 0 radical (unpaired) electrons. The molecule has 0 spiro atoms. The minimum atomic E-state index is -4.02. The average molecular weight is 299 g/mol. The summed E-state index contributed by atoms with van der Waals surface area (Å²) in [6.07, 6.45) is 0.133. The third kappa shape index (κ3) is 3.28. The van der Waals surface area contributed by atoms with Crippen molar-refractivity contribution in [1.82, 2.24) is 9.78 Å². The maximum atomic E-state index is 10.9. The van der Waals surface area contributed by atoms with Gasteiger partial charge in [-0.15, -0.1) is 0 Å². The van der Waals surface area contributed by atoms with E-state index in [9.17, 15) is 8.42 Å². The van der Waals surface area contributed by atoms with Crippen LogP contribution in [0.25, 0.3) is 5.69 Å². The fourth-order valence-corrected chi connectivity index (χ4v) is 2.36. The quantitative estimate of drug-likeness (QED) is 0.490. The standard InChI is InChI=1S/C11H13N3O3S2/c1-13-10(7-8-19(15,16)17)14(12-11(13)18)9-5-3-2-4-6-9/h2-6H,7-8H2,1H3,(H-,12,15,16,17,18). The van der Waals surface area contributed by atoms with Gasteiger partial charge in [0.15, 0.2) is 5.16 Å². The van der Waals surface area contributed by atoms with E-state index < -0.39 is 10.1 Å². The topological polar surface area (TPSA) is 76.1 Å². The summed E-state index contributed by atoms with van der Waals surface area (Å²) < 4.78 is 33.8. The molecule has 102 valence electrons. The van der Waals surface area contributed by atoms with Crippen LogP contribution in [0, 0.1) is 0 Å². The number of benzene rings is 1. The first-order valence-electron chi connectivity index (χ1n) is 5.54. The molecule has 1 aromatic heterocycles. The monoisotopic (exact) mass is 299 g/mol. The lowest BCUT2D eigenvalue weighted by Crippen LogP contribution is -2.35. The van der Waals surface area contributed by atoms with Gasteiger partial charge in [0.05, 0.1) is 19.2 Å². The van der Waals surface area contributed by atoms with Gasteiger partial charge >= 0.3 is 0 Å². The first kappa shape index (κ1) is 13.9. The molecule has 2 aromatic rings. The Morgan fingerprint density at radius 1 is 1.37 bits per heavy atom. The second-order valence-electron chi connectivity index (χ2n) is 4.04. The lowest BCUT2D eigenvalue weighted by molar-refractivity contribution is -0.716. The Morgan fingerprint density at radius 3 is 2.58 bits per heavy atom. The van der Waals surface area contributed by atoms with Gasteiger partial charge in [0, 0.05) is 5.10 Å². The zero-order valence-corrected chi connectivity index (χ0v) is 11.9. The Bertz CT molecular complexity index is 681. The molecule has 0 fully saturated rings. The molecule has 0 bridgehead atoms. The predicted molar refractivity (Wildman–Crippen MR) is 70.5 cm³/mol. The lowest BCUT2D eigenvalue weighted by atomic mass is 10.3. The summed E-state index contributed by atoms with van der Waals surface area (Å²) in [6, 6.07) is 9.27. The third-order valence-corrected chi connectivity index (χ3v) is 3.76. The Balaban J connectivity index is 2.42. The van der Waals surface area contributed by atoms with Crippen LogP contribution in [0.2, 0.25) is 0 Å². The summed E-state index contributed by atoms with van der Waals surface area (Å²) in [5.41, 5.74) is 0.791. The van der Waals surface area contributed by atoms with Gasteiger partial charge in [-0.2, -0.15) is 8.42 Å². The smallest absolute Gasteiger partial charge is 0.265 e. The number of nitrogens with zero attached hydrogens (tertiary/aromatic N) is 3. The van der Waals surface area contributed by atoms with Crippen molar-refractivity contribution in [2.45, 2.75) is 11.6 Å². The van der Waals surface area contributed by atoms with Crippen molar-refractivity contribution in [1.29, 1.82) is 0 Å². The minimum absolute atomic E-state index is 0.133. The number of para-hydroxylation sites is 1. The molecular weight excluding hydrogens is 286 g/mol. The van der Waals surface area contributed by atoms with Crippen molar-refractivity contribution in [3.05, 3.63) is 36.2 Å². The minimum Gasteiger partial charge on any atom is -0.703 e. The van der Waals surface area contributed by atoms with E-state index in [4.69, 9.17) is 17.2 Å². The van der Waals surface area contributed by atoms with Gasteiger partial charge in [-0.05, 0) is 12.1 Å². The van der Waals surface area contributed by atoms with Gasteiger partial charge in [0.25, 0.3) is 10.1 Å². The molecule has 0 amide bonds. The number of hydrogen-bond acceptors (Lipinski definition) is 4. The van der Waals surface area contributed by atoms with E-state index in [0.29, 0.717) is 11.0 Å². The number of hydrogen-bond donors (Lipinski definition) is 1. The van der Waals surface area contributed by atoms with Crippen LogP contribution in [0.4, 0.5) is 0 Å².